The van der Waals surface area contributed by atoms with Crippen LogP contribution in [0.5, 0.6) is 0 Å². The fourth-order valence-corrected chi connectivity index (χ4v) is 2.15. The van der Waals surface area contributed by atoms with Crippen LogP contribution in [0.3, 0.4) is 0 Å². The molecule has 0 aromatic carbocycles. The summed E-state index contributed by atoms with van der Waals surface area (Å²) in [6.45, 7) is 1.02. The molecule has 14 heavy (non-hydrogen) atoms. The number of nitrogens with two attached hydrogens (primary N) is 1. The van der Waals surface area contributed by atoms with Crippen LogP contribution in [-0.2, 0) is 6.54 Å². The van der Waals surface area contributed by atoms with E-state index >= 15 is 0 Å². The van der Waals surface area contributed by atoms with Crippen molar-refractivity contribution < 1.29 is 0 Å². The van der Waals surface area contributed by atoms with Crippen LogP contribution in [0.1, 0.15) is 31.2 Å². The summed E-state index contributed by atoms with van der Waals surface area (Å²) in [6.07, 6.45) is 9.10. The molecule has 1 aromatic heterocycles. The Morgan fingerprint density at radius 1 is 1.57 bits per heavy atom. The fourth-order valence-electron chi connectivity index (χ4n) is 2.05. The molecule has 0 saturated heterocycles. The van der Waals surface area contributed by atoms with E-state index in [9.17, 15) is 0 Å². The molecule has 0 atom stereocenters. The van der Waals surface area contributed by atoms with Gasteiger partial charge in [-0.1, -0.05) is 25.1 Å². The van der Waals surface area contributed by atoms with E-state index < -0.39 is 0 Å². The number of hydrogen-bond donors (Lipinski definition) is 1. The number of hydrogen-bond acceptors (Lipinski definition) is 2. The number of rotatable bonds is 3. The van der Waals surface area contributed by atoms with Gasteiger partial charge >= 0.3 is 0 Å². The standard InChI is InChI=1S/C10H15N3S/c11-10(14)9-5-12-13(7-9)6-8-3-1-2-4-8/h5,7-8H,1-4,6H2,(H2,11,14). The van der Waals surface area contributed by atoms with E-state index in [1.807, 2.05) is 10.9 Å². The van der Waals surface area contributed by atoms with Crippen molar-refractivity contribution in [2.45, 2.75) is 32.2 Å². The Bertz CT molecular complexity index is 326. The maximum absolute atomic E-state index is 5.51. The van der Waals surface area contributed by atoms with Crippen LogP contribution in [0, 0.1) is 5.92 Å². The second-order valence-electron chi connectivity index (χ2n) is 3.97. The summed E-state index contributed by atoms with van der Waals surface area (Å²) in [6, 6.07) is 0. The molecule has 1 fully saturated rings. The Kier molecular flexibility index (Phi) is 2.82. The lowest BCUT2D eigenvalue weighted by atomic mass is 10.1. The van der Waals surface area contributed by atoms with Crippen LogP contribution in [0.4, 0.5) is 0 Å². The van der Waals surface area contributed by atoms with Crippen LogP contribution < -0.4 is 5.73 Å². The lowest BCUT2D eigenvalue weighted by Gasteiger charge is -2.07. The minimum atomic E-state index is 0.433. The van der Waals surface area contributed by atoms with Gasteiger partial charge in [0, 0.05) is 18.3 Å². The molecule has 0 unspecified atom stereocenters. The fraction of sp³-hybridized carbons (Fsp3) is 0.600. The smallest absolute Gasteiger partial charge is 0.107 e. The molecule has 0 aliphatic heterocycles. The van der Waals surface area contributed by atoms with Gasteiger partial charge in [-0.15, -0.1) is 0 Å². The second-order valence-corrected chi connectivity index (χ2v) is 4.41. The summed E-state index contributed by atoms with van der Waals surface area (Å²) in [5, 5.41) is 4.25. The Balaban J connectivity index is 1.98. The van der Waals surface area contributed by atoms with Gasteiger partial charge in [-0.25, -0.2) is 0 Å². The van der Waals surface area contributed by atoms with Crippen molar-refractivity contribution in [2.24, 2.45) is 11.7 Å². The lowest BCUT2D eigenvalue weighted by molar-refractivity contribution is 0.429. The molecule has 2 N–H and O–H groups in total. The van der Waals surface area contributed by atoms with E-state index in [1.165, 1.54) is 25.7 Å². The minimum Gasteiger partial charge on any atom is -0.389 e. The second kappa shape index (κ2) is 4.09. The van der Waals surface area contributed by atoms with Crippen molar-refractivity contribution >= 4 is 17.2 Å². The average Bonchev–Trinajstić information content (AvgIpc) is 2.75. The SMILES string of the molecule is NC(=S)c1cnn(CC2CCCC2)c1. The number of thiocarbonyl (C=S) groups is 1. The first-order valence-corrected chi connectivity index (χ1v) is 5.49. The van der Waals surface area contributed by atoms with Gasteiger partial charge in [0.05, 0.1) is 6.20 Å². The molecule has 0 bridgehead atoms. The molecular formula is C10H15N3S. The molecule has 0 amide bonds. The first kappa shape index (κ1) is 9.65. The van der Waals surface area contributed by atoms with Crippen LogP contribution in [0.2, 0.25) is 0 Å². The van der Waals surface area contributed by atoms with Gasteiger partial charge < -0.3 is 5.73 Å². The van der Waals surface area contributed by atoms with Gasteiger partial charge in [-0.05, 0) is 18.8 Å². The maximum atomic E-state index is 5.51. The Labute approximate surface area is 89.3 Å². The highest BCUT2D eigenvalue weighted by Crippen LogP contribution is 2.25. The molecule has 1 aliphatic rings. The third-order valence-corrected chi connectivity index (χ3v) is 3.07. The first-order chi connectivity index (χ1) is 6.75. The zero-order chi connectivity index (χ0) is 9.97. The van der Waals surface area contributed by atoms with Crippen LogP contribution in [0.25, 0.3) is 0 Å². The Morgan fingerprint density at radius 3 is 2.86 bits per heavy atom. The molecule has 1 heterocycles. The van der Waals surface area contributed by atoms with Gasteiger partial charge in [0.15, 0.2) is 0 Å². The quantitative estimate of drug-likeness (QED) is 0.771. The molecule has 3 nitrogen and oxygen atoms in total. The molecular weight excluding hydrogens is 194 g/mol. The predicted octanol–water partition coefficient (Wildman–Crippen LogP) is 1.71. The van der Waals surface area contributed by atoms with E-state index in [1.54, 1.807) is 6.20 Å². The van der Waals surface area contributed by atoms with Crippen LogP contribution >= 0.6 is 12.2 Å². The summed E-state index contributed by atoms with van der Waals surface area (Å²) < 4.78 is 1.96. The molecule has 2 rings (SSSR count). The highest BCUT2D eigenvalue weighted by atomic mass is 32.1. The highest BCUT2D eigenvalue weighted by Gasteiger charge is 2.15. The largest absolute Gasteiger partial charge is 0.389 e. The monoisotopic (exact) mass is 209 g/mol. The Morgan fingerprint density at radius 2 is 2.29 bits per heavy atom. The van der Waals surface area contributed by atoms with Crippen molar-refractivity contribution in [1.82, 2.24) is 9.78 Å². The van der Waals surface area contributed by atoms with Crippen molar-refractivity contribution in [1.29, 1.82) is 0 Å². The van der Waals surface area contributed by atoms with Gasteiger partial charge in [0.25, 0.3) is 0 Å². The molecule has 76 valence electrons. The summed E-state index contributed by atoms with van der Waals surface area (Å²) in [4.78, 5) is 0.433. The van der Waals surface area contributed by atoms with E-state index in [0.717, 1.165) is 18.0 Å². The van der Waals surface area contributed by atoms with E-state index in [4.69, 9.17) is 18.0 Å². The van der Waals surface area contributed by atoms with Gasteiger partial charge in [-0.3, -0.25) is 4.68 Å². The predicted molar refractivity (Wildman–Crippen MR) is 60.1 cm³/mol. The van der Waals surface area contributed by atoms with E-state index in [2.05, 4.69) is 5.10 Å². The average molecular weight is 209 g/mol. The molecule has 1 aromatic rings. The number of aromatic nitrogens is 2. The first-order valence-electron chi connectivity index (χ1n) is 5.08. The zero-order valence-electron chi connectivity index (χ0n) is 8.15. The highest BCUT2D eigenvalue weighted by molar-refractivity contribution is 7.80. The third kappa shape index (κ3) is 2.12. The van der Waals surface area contributed by atoms with Crippen molar-refractivity contribution in [3.63, 3.8) is 0 Å². The summed E-state index contributed by atoms with van der Waals surface area (Å²) in [5.41, 5.74) is 6.39. The molecule has 4 heteroatoms. The van der Waals surface area contributed by atoms with Crippen LogP contribution in [0.15, 0.2) is 12.4 Å². The molecule has 1 aliphatic carbocycles. The van der Waals surface area contributed by atoms with Gasteiger partial charge in [-0.2, -0.15) is 5.10 Å². The van der Waals surface area contributed by atoms with Gasteiger partial charge in [0.2, 0.25) is 0 Å². The Hall–Kier alpha value is -0.900. The summed E-state index contributed by atoms with van der Waals surface area (Å²) in [5.74, 6) is 0.800. The molecule has 0 radical (unpaired) electrons. The van der Waals surface area contributed by atoms with Crippen LogP contribution in [-0.4, -0.2) is 14.8 Å². The summed E-state index contributed by atoms with van der Waals surface area (Å²) >= 11 is 4.88. The maximum Gasteiger partial charge on any atom is 0.107 e. The zero-order valence-corrected chi connectivity index (χ0v) is 8.96. The molecule has 1 saturated carbocycles. The minimum absolute atomic E-state index is 0.433. The summed E-state index contributed by atoms with van der Waals surface area (Å²) in [7, 11) is 0. The van der Waals surface area contributed by atoms with Crippen molar-refractivity contribution in [3.05, 3.63) is 18.0 Å². The van der Waals surface area contributed by atoms with E-state index in [-0.39, 0.29) is 0 Å². The normalized spacial score (nSPS) is 17.4. The van der Waals surface area contributed by atoms with Crippen molar-refractivity contribution in [3.8, 4) is 0 Å². The van der Waals surface area contributed by atoms with Gasteiger partial charge in [0.1, 0.15) is 4.99 Å². The lowest BCUT2D eigenvalue weighted by Crippen LogP contribution is -2.09. The van der Waals surface area contributed by atoms with E-state index in [0.29, 0.717) is 4.99 Å². The molecule has 0 spiro atoms. The third-order valence-electron chi connectivity index (χ3n) is 2.84. The van der Waals surface area contributed by atoms with Crippen molar-refractivity contribution in [2.75, 3.05) is 0 Å². The number of nitrogens with zero attached hydrogens (tertiary/aromatic N) is 2. The topological polar surface area (TPSA) is 43.8 Å².